The maximum Gasteiger partial charge on any atom is 0.191 e. The van der Waals surface area contributed by atoms with Crippen molar-refractivity contribution in [2.45, 2.75) is 38.5 Å². The summed E-state index contributed by atoms with van der Waals surface area (Å²) in [6, 6.07) is 0. The maximum atomic E-state index is 12.2. The number of nitrogens with zero attached hydrogens (tertiary/aromatic N) is 2. The van der Waals surface area contributed by atoms with E-state index in [2.05, 4.69) is 11.2 Å². The lowest BCUT2D eigenvalue weighted by molar-refractivity contribution is 0.102. The highest BCUT2D eigenvalue weighted by Gasteiger charge is 2.14. The molecule has 0 fully saturated rings. The van der Waals surface area contributed by atoms with Gasteiger partial charge in [-0.05, 0) is 31.3 Å². The summed E-state index contributed by atoms with van der Waals surface area (Å²) in [5.41, 5.74) is 1.70. The summed E-state index contributed by atoms with van der Waals surface area (Å²) in [6.07, 6.45) is 12.4. The van der Waals surface area contributed by atoms with Crippen LogP contribution >= 0.6 is 0 Å². The molecule has 16 heavy (non-hydrogen) atoms. The number of allylic oxidation sites excluding steroid dienone is 2. The van der Waals surface area contributed by atoms with Crippen molar-refractivity contribution in [1.82, 2.24) is 9.78 Å². The third-order valence-electron chi connectivity index (χ3n) is 3.05. The quantitative estimate of drug-likeness (QED) is 0.715. The minimum absolute atomic E-state index is 0.162. The smallest absolute Gasteiger partial charge is 0.191 e. The lowest BCUT2D eigenvalue weighted by atomic mass is 9.95. The van der Waals surface area contributed by atoms with Crippen LogP contribution in [0.1, 0.15) is 48.9 Å². The van der Waals surface area contributed by atoms with E-state index in [1.807, 2.05) is 7.05 Å². The minimum Gasteiger partial charge on any atom is -0.289 e. The topological polar surface area (TPSA) is 34.9 Å². The molecule has 0 radical (unpaired) electrons. The molecule has 0 bridgehead atoms. The van der Waals surface area contributed by atoms with E-state index in [-0.39, 0.29) is 5.78 Å². The van der Waals surface area contributed by atoms with Gasteiger partial charge >= 0.3 is 0 Å². The Morgan fingerprint density at radius 3 is 2.88 bits per heavy atom. The maximum absolute atomic E-state index is 12.2. The lowest BCUT2D eigenvalue weighted by Crippen LogP contribution is -2.04. The third-order valence-corrected chi connectivity index (χ3v) is 3.05. The van der Waals surface area contributed by atoms with Crippen molar-refractivity contribution in [2.75, 3.05) is 0 Å². The molecule has 0 amide bonds. The van der Waals surface area contributed by atoms with E-state index in [9.17, 15) is 4.79 Å². The van der Waals surface area contributed by atoms with Crippen molar-refractivity contribution < 1.29 is 4.79 Å². The molecule has 1 heterocycles. The zero-order valence-corrected chi connectivity index (χ0v) is 9.78. The van der Waals surface area contributed by atoms with Gasteiger partial charge in [0.2, 0.25) is 0 Å². The first-order chi connectivity index (χ1) is 7.77. The second-order valence-electron chi connectivity index (χ2n) is 4.41. The second kappa shape index (κ2) is 5.10. The number of aromatic nitrogens is 2. The fraction of sp³-hybridized carbons (Fsp3) is 0.538. The first-order valence-corrected chi connectivity index (χ1v) is 6.00. The van der Waals surface area contributed by atoms with Crippen LogP contribution in [0.2, 0.25) is 0 Å². The van der Waals surface area contributed by atoms with Gasteiger partial charge < -0.3 is 0 Å². The molecular weight excluding hydrogens is 200 g/mol. The molecule has 0 spiro atoms. The Kier molecular flexibility index (Phi) is 3.54. The minimum atomic E-state index is 0.162. The highest BCUT2D eigenvalue weighted by Crippen LogP contribution is 2.20. The normalized spacial score (nSPS) is 20.7. The molecule has 1 aliphatic carbocycles. The molecule has 0 unspecified atom stereocenters. The Balaban J connectivity index is 2.13. The van der Waals surface area contributed by atoms with Crippen LogP contribution in [-0.4, -0.2) is 15.6 Å². The van der Waals surface area contributed by atoms with Gasteiger partial charge in [-0.3, -0.25) is 9.48 Å². The van der Waals surface area contributed by atoms with Gasteiger partial charge in [0.15, 0.2) is 5.78 Å². The van der Waals surface area contributed by atoms with Crippen LogP contribution in [0.25, 0.3) is 0 Å². The van der Waals surface area contributed by atoms with E-state index in [0.717, 1.165) is 24.8 Å². The molecule has 0 saturated heterocycles. The van der Waals surface area contributed by atoms with Crippen LogP contribution in [0.15, 0.2) is 24.0 Å². The molecule has 0 atom stereocenters. The van der Waals surface area contributed by atoms with Gasteiger partial charge in [-0.2, -0.15) is 5.10 Å². The van der Waals surface area contributed by atoms with E-state index in [1.54, 1.807) is 17.1 Å². The number of hydrogen-bond acceptors (Lipinski definition) is 2. The van der Waals surface area contributed by atoms with Gasteiger partial charge in [0, 0.05) is 13.2 Å². The molecule has 3 nitrogen and oxygen atoms in total. The van der Waals surface area contributed by atoms with Crippen molar-refractivity contribution in [3.05, 3.63) is 29.6 Å². The predicted molar refractivity (Wildman–Crippen MR) is 63.3 cm³/mol. The summed E-state index contributed by atoms with van der Waals surface area (Å²) in [6.45, 7) is 0. The average Bonchev–Trinajstić information content (AvgIpc) is 2.63. The van der Waals surface area contributed by atoms with Crippen LogP contribution in [-0.2, 0) is 7.05 Å². The number of aryl methyl sites for hydroxylation is 1. The van der Waals surface area contributed by atoms with Gasteiger partial charge in [0.1, 0.15) is 0 Å². The Morgan fingerprint density at radius 2 is 2.12 bits per heavy atom. The summed E-state index contributed by atoms with van der Waals surface area (Å²) in [4.78, 5) is 12.2. The van der Waals surface area contributed by atoms with Crippen LogP contribution < -0.4 is 0 Å². The van der Waals surface area contributed by atoms with E-state index in [4.69, 9.17) is 0 Å². The zero-order chi connectivity index (χ0) is 11.4. The summed E-state index contributed by atoms with van der Waals surface area (Å²) in [5, 5.41) is 4.04. The van der Waals surface area contributed by atoms with E-state index < -0.39 is 0 Å². The molecule has 0 saturated carbocycles. The number of ketones is 1. The lowest BCUT2D eigenvalue weighted by Gasteiger charge is -2.09. The molecule has 0 aliphatic heterocycles. The summed E-state index contributed by atoms with van der Waals surface area (Å²) in [5.74, 6) is 0.162. The molecular formula is C13H18N2O. The molecule has 1 aliphatic rings. The van der Waals surface area contributed by atoms with Crippen molar-refractivity contribution in [3.63, 3.8) is 0 Å². The Bertz CT molecular complexity index is 404. The molecule has 0 aromatic carbocycles. The number of hydrogen-bond donors (Lipinski definition) is 0. The Morgan fingerprint density at radius 1 is 1.31 bits per heavy atom. The Labute approximate surface area is 96.2 Å². The molecule has 3 heteroatoms. The average molecular weight is 218 g/mol. The third kappa shape index (κ3) is 2.60. The van der Waals surface area contributed by atoms with E-state index in [1.165, 1.54) is 19.3 Å². The van der Waals surface area contributed by atoms with Gasteiger partial charge in [0.05, 0.1) is 11.8 Å². The van der Waals surface area contributed by atoms with Crippen LogP contribution in [0.3, 0.4) is 0 Å². The van der Waals surface area contributed by atoms with Crippen molar-refractivity contribution in [1.29, 1.82) is 0 Å². The van der Waals surface area contributed by atoms with Crippen molar-refractivity contribution in [3.8, 4) is 0 Å². The summed E-state index contributed by atoms with van der Waals surface area (Å²) in [7, 11) is 1.84. The second-order valence-corrected chi connectivity index (χ2v) is 4.41. The molecule has 1 aromatic rings. The zero-order valence-electron chi connectivity index (χ0n) is 9.78. The Hall–Kier alpha value is -1.38. The molecule has 86 valence electrons. The number of carbonyl (C=O) groups excluding carboxylic acids is 1. The summed E-state index contributed by atoms with van der Waals surface area (Å²) >= 11 is 0. The monoisotopic (exact) mass is 218 g/mol. The standard InChI is InChI=1S/C13H18N2O/c1-15-10-12(9-14-15)13(16)11-7-5-3-2-4-6-8-11/h7,9-10H,2-6,8H2,1H3/b11-7+. The van der Waals surface area contributed by atoms with Crippen molar-refractivity contribution >= 4 is 5.78 Å². The number of carbonyl (C=O) groups is 1. The van der Waals surface area contributed by atoms with Gasteiger partial charge in [-0.25, -0.2) is 0 Å². The number of rotatable bonds is 2. The first kappa shape index (κ1) is 11.1. The highest BCUT2D eigenvalue weighted by molar-refractivity contribution is 6.08. The summed E-state index contributed by atoms with van der Waals surface area (Å²) < 4.78 is 1.68. The molecule has 2 rings (SSSR count). The number of Topliss-reactive ketones (excluding diaryl/α,β-unsaturated/α-hetero) is 1. The fourth-order valence-electron chi connectivity index (χ4n) is 2.12. The fourth-order valence-corrected chi connectivity index (χ4v) is 2.12. The van der Waals surface area contributed by atoms with Gasteiger partial charge in [0.25, 0.3) is 0 Å². The molecule has 0 N–H and O–H groups in total. The van der Waals surface area contributed by atoms with Crippen molar-refractivity contribution in [2.24, 2.45) is 7.05 Å². The largest absolute Gasteiger partial charge is 0.289 e. The SMILES string of the molecule is Cn1cc(C(=O)/C2=C/CCCCCC2)cn1. The van der Waals surface area contributed by atoms with Crippen LogP contribution in [0.5, 0.6) is 0 Å². The molecule has 1 aromatic heterocycles. The van der Waals surface area contributed by atoms with Gasteiger partial charge in [-0.15, -0.1) is 0 Å². The van der Waals surface area contributed by atoms with E-state index in [0.29, 0.717) is 5.56 Å². The van der Waals surface area contributed by atoms with Gasteiger partial charge in [-0.1, -0.05) is 18.9 Å². The van der Waals surface area contributed by atoms with Crippen LogP contribution in [0, 0.1) is 0 Å². The first-order valence-electron chi connectivity index (χ1n) is 6.00. The van der Waals surface area contributed by atoms with Crippen LogP contribution in [0.4, 0.5) is 0 Å². The van der Waals surface area contributed by atoms with E-state index >= 15 is 0 Å². The predicted octanol–water partition coefficient (Wildman–Crippen LogP) is 2.88. The highest BCUT2D eigenvalue weighted by atomic mass is 16.1.